The normalized spacial score (nSPS) is 24.1. The molecule has 2 aliphatic rings. The van der Waals surface area contributed by atoms with Crippen molar-refractivity contribution < 1.29 is 23.1 Å². The molecule has 148 valence electrons. The molecule has 1 aromatic carbocycles. The van der Waals surface area contributed by atoms with Crippen LogP contribution in [0, 0.1) is 5.92 Å². The monoisotopic (exact) mass is 382 g/mol. The highest BCUT2D eigenvalue weighted by atomic mass is 19.4. The number of carbonyl (C=O) groups excluding carboxylic acids is 1. The molecule has 0 aromatic heterocycles. The highest BCUT2D eigenvalue weighted by Gasteiger charge is 2.63. The third-order valence-electron chi connectivity index (χ3n) is 5.47. The van der Waals surface area contributed by atoms with Crippen molar-refractivity contribution >= 4 is 11.6 Å². The van der Waals surface area contributed by atoms with Crippen molar-refractivity contribution in [1.82, 2.24) is 5.01 Å². The van der Waals surface area contributed by atoms with Crippen LogP contribution in [0.4, 0.5) is 13.2 Å². The van der Waals surface area contributed by atoms with Gasteiger partial charge in [0.15, 0.2) is 0 Å². The number of rotatable bonds is 5. The molecular weight excluding hydrogens is 357 g/mol. The Morgan fingerprint density at radius 3 is 2.48 bits per heavy atom. The number of hydrogen-bond donors (Lipinski definition) is 1. The molecular formula is C20H25F3N2O2. The van der Waals surface area contributed by atoms with E-state index in [2.05, 4.69) is 5.10 Å². The predicted octanol–water partition coefficient (Wildman–Crippen LogP) is 4.43. The molecule has 7 heteroatoms. The summed E-state index contributed by atoms with van der Waals surface area (Å²) in [6.07, 6.45) is -0.187. The molecule has 27 heavy (non-hydrogen) atoms. The van der Waals surface area contributed by atoms with E-state index in [0.717, 1.165) is 37.7 Å². The third-order valence-corrected chi connectivity index (χ3v) is 5.47. The lowest BCUT2D eigenvalue weighted by atomic mass is 9.83. The van der Waals surface area contributed by atoms with E-state index in [9.17, 15) is 23.1 Å². The average molecular weight is 382 g/mol. The molecule has 1 fully saturated rings. The molecule has 1 aromatic rings. The number of nitrogens with zero attached hydrogens (tertiary/aromatic N) is 2. The van der Waals surface area contributed by atoms with E-state index < -0.39 is 24.2 Å². The fraction of sp³-hybridized carbons (Fsp3) is 0.600. The van der Waals surface area contributed by atoms with Gasteiger partial charge in [-0.25, -0.2) is 0 Å². The molecule has 0 radical (unpaired) electrons. The van der Waals surface area contributed by atoms with E-state index in [1.807, 2.05) is 30.3 Å². The van der Waals surface area contributed by atoms with Gasteiger partial charge in [0.2, 0.25) is 5.91 Å². The van der Waals surface area contributed by atoms with Crippen LogP contribution in [0.25, 0.3) is 0 Å². The standard InChI is InChI=1S/C20H25F3N2O2/c21-20(22,23)19(27)14-17(16-11-5-2-6-12-16)24-25(19)18(26)13-7-10-15-8-3-1-4-9-15/h1,3-4,8-9,16,27H,2,5-7,10-14H2. The molecule has 1 N–H and O–H groups in total. The molecule has 1 atom stereocenters. The maximum Gasteiger partial charge on any atom is 0.438 e. The number of hydrazone groups is 1. The first kappa shape index (κ1) is 19.9. The number of halogens is 3. The Kier molecular flexibility index (Phi) is 5.89. The number of amides is 1. The zero-order valence-corrected chi connectivity index (χ0v) is 15.2. The van der Waals surface area contributed by atoms with Crippen molar-refractivity contribution in [3.63, 3.8) is 0 Å². The first-order valence-electron chi connectivity index (χ1n) is 9.55. The van der Waals surface area contributed by atoms with Crippen LogP contribution in [0.5, 0.6) is 0 Å². The molecule has 1 aliphatic heterocycles. The number of hydrogen-bond acceptors (Lipinski definition) is 3. The summed E-state index contributed by atoms with van der Waals surface area (Å²) in [4.78, 5) is 12.5. The quantitative estimate of drug-likeness (QED) is 0.819. The summed E-state index contributed by atoms with van der Waals surface area (Å²) >= 11 is 0. The minimum absolute atomic E-state index is 0.0743. The van der Waals surface area contributed by atoms with Gasteiger partial charge in [0.25, 0.3) is 5.72 Å². The van der Waals surface area contributed by atoms with E-state index in [-0.39, 0.29) is 12.3 Å². The van der Waals surface area contributed by atoms with Crippen LogP contribution in [-0.4, -0.2) is 33.6 Å². The number of alkyl halides is 3. The Hall–Kier alpha value is -1.89. The highest BCUT2D eigenvalue weighted by molar-refractivity contribution is 5.92. The number of aryl methyl sites for hydroxylation is 1. The van der Waals surface area contributed by atoms with Gasteiger partial charge in [-0.3, -0.25) is 4.79 Å². The summed E-state index contributed by atoms with van der Waals surface area (Å²) < 4.78 is 40.7. The fourth-order valence-corrected chi connectivity index (χ4v) is 3.91. The number of benzene rings is 1. The largest absolute Gasteiger partial charge is 0.438 e. The van der Waals surface area contributed by atoms with Crippen LogP contribution in [0.15, 0.2) is 35.4 Å². The van der Waals surface area contributed by atoms with E-state index in [1.165, 1.54) is 0 Å². The van der Waals surface area contributed by atoms with Crippen LogP contribution in [0.2, 0.25) is 0 Å². The van der Waals surface area contributed by atoms with Gasteiger partial charge < -0.3 is 5.11 Å². The van der Waals surface area contributed by atoms with E-state index in [0.29, 0.717) is 23.6 Å². The van der Waals surface area contributed by atoms with Crippen LogP contribution < -0.4 is 0 Å². The molecule has 4 nitrogen and oxygen atoms in total. The van der Waals surface area contributed by atoms with Crippen LogP contribution >= 0.6 is 0 Å². The van der Waals surface area contributed by atoms with Crippen LogP contribution in [0.1, 0.15) is 56.9 Å². The van der Waals surface area contributed by atoms with Gasteiger partial charge in [0, 0.05) is 18.6 Å². The summed E-state index contributed by atoms with van der Waals surface area (Å²) in [7, 11) is 0. The van der Waals surface area contributed by atoms with Gasteiger partial charge in [-0.05, 0) is 37.2 Å². The minimum Gasteiger partial charge on any atom is -0.362 e. The summed E-state index contributed by atoms with van der Waals surface area (Å²) in [6.45, 7) is 0. The lowest BCUT2D eigenvalue weighted by molar-refractivity contribution is -0.302. The second-order valence-corrected chi connectivity index (χ2v) is 7.46. The first-order valence-corrected chi connectivity index (χ1v) is 9.55. The maximum atomic E-state index is 13.6. The topological polar surface area (TPSA) is 52.9 Å². The third kappa shape index (κ3) is 4.34. The van der Waals surface area contributed by atoms with E-state index in [1.54, 1.807) is 0 Å². The summed E-state index contributed by atoms with van der Waals surface area (Å²) in [5, 5.41) is 14.6. The highest BCUT2D eigenvalue weighted by Crippen LogP contribution is 2.43. The van der Waals surface area contributed by atoms with Gasteiger partial charge in [-0.2, -0.15) is 23.3 Å². The van der Waals surface area contributed by atoms with Gasteiger partial charge in [0.1, 0.15) is 0 Å². The zero-order chi connectivity index (χ0) is 19.5. The number of aliphatic hydroxyl groups is 1. The van der Waals surface area contributed by atoms with Crippen molar-refractivity contribution in [1.29, 1.82) is 0 Å². The zero-order valence-electron chi connectivity index (χ0n) is 15.2. The first-order chi connectivity index (χ1) is 12.8. The summed E-state index contributed by atoms with van der Waals surface area (Å²) in [6, 6.07) is 9.45. The summed E-state index contributed by atoms with van der Waals surface area (Å²) in [5.74, 6) is -0.855. The van der Waals surface area contributed by atoms with Crippen molar-refractivity contribution in [2.45, 2.75) is 69.7 Å². The Balaban J connectivity index is 1.70. The van der Waals surface area contributed by atoms with Crippen molar-refractivity contribution in [2.24, 2.45) is 11.0 Å². The molecule has 1 aliphatic carbocycles. The number of carbonyl (C=O) groups is 1. The SMILES string of the molecule is O=C(CCCc1ccccc1)N1N=C(C2CCCCC2)CC1(O)C(F)(F)F. The van der Waals surface area contributed by atoms with Gasteiger partial charge in [-0.1, -0.05) is 49.6 Å². The Morgan fingerprint density at radius 2 is 1.85 bits per heavy atom. The molecule has 1 heterocycles. The Labute approximate surface area is 157 Å². The molecule has 0 spiro atoms. The predicted molar refractivity (Wildman–Crippen MR) is 95.9 cm³/mol. The smallest absolute Gasteiger partial charge is 0.362 e. The molecule has 1 saturated carbocycles. The molecule has 1 unspecified atom stereocenters. The van der Waals surface area contributed by atoms with Gasteiger partial charge in [-0.15, -0.1) is 0 Å². The van der Waals surface area contributed by atoms with Crippen molar-refractivity contribution in [2.75, 3.05) is 0 Å². The Bertz CT molecular complexity index is 684. The van der Waals surface area contributed by atoms with E-state index in [4.69, 9.17) is 0 Å². The maximum absolute atomic E-state index is 13.6. The lowest BCUT2D eigenvalue weighted by Crippen LogP contribution is -2.56. The van der Waals surface area contributed by atoms with Gasteiger partial charge >= 0.3 is 6.18 Å². The van der Waals surface area contributed by atoms with Crippen molar-refractivity contribution in [3.8, 4) is 0 Å². The van der Waals surface area contributed by atoms with Gasteiger partial charge in [0.05, 0.1) is 0 Å². The molecule has 1 amide bonds. The van der Waals surface area contributed by atoms with Crippen molar-refractivity contribution in [3.05, 3.63) is 35.9 Å². The van der Waals surface area contributed by atoms with Crippen LogP contribution in [0.3, 0.4) is 0 Å². The summed E-state index contributed by atoms with van der Waals surface area (Å²) in [5.41, 5.74) is -1.89. The minimum atomic E-state index is -4.94. The molecule has 0 saturated heterocycles. The average Bonchev–Trinajstić information content (AvgIpc) is 3.02. The van der Waals surface area contributed by atoms with E-state index >= 15 is 0 Å². The lowest BCUT2D eigenvalue weighted by Gasteiger charge is -2.32. The second-order valence-electron chi connectivity index (χ2n) is 7.46. The Morgan fingerprint density at radius 1 is 1.19 bits per heavy atom. The fourth-order valence-electron chi connectivity index (χ4n) is 3.91. The van der Waals surface area contributed by atoms with Crippen LogP contribution in [-0.2, 0) is 11.2 Å². The molecule has 3 rings (SSSR count). The second kappa shape index (κ2) is 8.00. The molecule has 0 bridgehead atoms.